The van der Waals surface area contributed by atoms with Crippen molar-refractivity contribution in [2.45, 2.75) is 27.7 Å². The molecule has 0 aliphatic carbocycles. The minimum absolute atomic E-state index is 0.0859. The Hall–Kier alpha value is -2.34. The summed E-state index contributed by atoms with van der Waals surface area (Å²) in [6, 6.07) is 7.58. The normalized spacial score (nSPS) is 10.3. The first kappa shape index (κ1) is 18.0. The third-order valence-corrected chi connectivity index (χ3v) is 4.53. The number of anilines is 1. The minimum Gasteiger partial charge on any atom is -0.483 e. The van der Waals surface area contributed by atoms with Crippen molar-refractivity contribution in [3.05, 3.63) is 45.8 Å². The molecule has 0 aliphatic rings. The number of esters is 1. The van der Waals surface area contributed by atoms with Gasteiger partial charge in [0.15, 0.2) is 6.61 Å². The molecule has 1 aromatic carbocycles. The lowest BCUT2D eigenvalue weighted by Gasteiger charge is -2.11. The van der Waals surface area contributed by atoms with Crippen molar-refractivity contribution >= 4 is 28.2 Å². The van der Waals surface area contributed by atoms with Crippen molar-refractivity contribution in [2.24, 2.45) is 0 Å². The maximum absolute atomic E-state index is 12.1. The Morgan fingerprint density at radius 2 is 1.79 bits per heavy atom. The first-order valence-electron chi connectivity index (χ1n) is 7.68. The molecular weight excluding hydrogens is 326 g/mol. The summed E-state index contributed by atoms with van der Waals surface area (Å²) in [6.45, 7) is 7.68. The van der Waals surface area contributed by atoms with E-state index in [1.54, 1.807) is 13.0 Å². The largest absolute Gasteiger partial charge is 0.483 e. The third kappa shape index (κ3) is 4.35. The average molecular weight is 347 g/mol. The molecule has 128 valence electrons. The fourth-order valence-corrected chi connectivity index (χ4v) is 3.26. The molecule has 5 nitrogen and oxygen atoms in total. The highest BCUT2D eigenvalue weighted by Gasteiger charge is 2.16. The van der Waals surface area contributed by atoms with E-state index in [9.17, 15) is 9.59 Å². The first-order valence-corrected chi connectivity index (χ1v) is 8.50. The number of ether oxygens (including phenoxy) is 2. The van der Waals surface area contributed by atoms with Crippen molar-refractivity contribution in [2.75, 3.05) is 18.5 Å². The van der Waals surface area contributed by atoms with Crippen molar-refractivity contribution < 1.29 is 19.1 Å². The molecular formula is C18H21NO4S. The monoisotopic (exact) mass is 347 g/mol. The van der Waals surface area contributed by atoms with Gasteiger partial charge in [-0.25, -0.2) is 4.79 Å². The van der Waals surface area contributed by atoms with Gasteiger partial charge < -0.3 is 14.8 Å². The van der Waals surface area contributed by atoms with E-state index in [0.29, 0.717) is 16.5 Å². The Labute approximate surface area is 145 Å². The summed E-state index contributed by atoms with van der Waals surface area (Å²) in [5.74, 6) is 0.0869. The van der Waals surface area contributed by atoms with Gasteiger partial charge in [-0.1, -0.05) is 18.2 Å². The van der Waals surface area contributed by atoms with Gasteiger partial charge >= 0.3 is 5.97 Å². The number of hydrogen-bond donors (Lipinski definition) is 1. The summed E-state index contributed by atoms with van der Waals surface area (Å²) in [6.07, 6.45) is 0. The van der Waals surface area contributed by atoms with Gasteiger partial charge in [0, 0.05) is 0 Å². The van der Waals surface area contributed by atoms with Crippen LogP contribution in [0.15, 0.2) is 24.3 Å². The number of thiophene rings is 1. The van der Waals surface area contributed by atoms with Gasteiger partial charge in [-0.3, -0.25) is 4.79 Å². The van der Waals surface area contributed by atoms with Gasteiger partial charge in [0.2, 0.25) is 0 Å². The summed E-state index contributed by atoms with van der Waals surface area (Å²) in [7, 11) is 0. The van der Waals surface area contributed by atoms with Crippen LogP contribution in [-0.2, 0) is 9.53 Å². The Balaban J connectivity index is 1.98. The molecule has 0 saturated carbocycles. The van der Waals surface area contributed by atoms with Crippen LogP contribution in [0, 0.1) is 20.8 Å². The number of para-hydroxylation sites is 1. The maximum atomic E-state index is 12.1. The van der Waals surface area contributed by atoms with Gasteiger partial charge in [0.05, 0.1) is 11.6 Å². The average Bonchev–Trinajstić information content (AvgIpc) is 2.87. The zero-order valence-electron chi connectivity index (χ0n) is 14.3. The predicted octanol–water partition coefficient (Wildman–Crippen LogP) is 3.87. The molecule has 1 N–H and O–H groups in total. The quantitative estimate of drug-likeness (QED) is 0.806. The lowest BCUT2D eigenvalue weighted by Crippen LogP contribution is -2.20. The molecule has 2 aromatic rings. The van der Waals surface area contributed by atoms with E-state index in [1.165, 1.54) is 11.3 Å². The molecule has 0 aliphatic heterocycles. The highest BCUT2D eigenvalue weighted by atomic mass is 32.1. The van der Waals surface area contributed by atoms with Gasteiger partial charge in [-0.2, -0.15) is 0 Å². The van der Waals surface area contributed by atoms with Crippen LogP contribution in [0.25, 0.3) is 0 Å². The van der Waals surface area contributed by atoms with Crippen molar-refractivity contribution in [1.29, 1.82) is 0 Å². The lowest BCUT2D eigenvalue weighted by atomic mass is 10.1. The van der Waals surface area contributed by atoms with E-state index in [-0.39, 0.29) is 18.5 Å². The number of carbonyl (C=O) groups excluding carboxylic acids is 2. The van der Waals surface area contributed by atoms with Crippen molar-refractivity contribution in [3.8, 4) is 5.75 Å². The maximum Gasteiger partial charge on any atom is 0.348 e. The number of aryl methyl sites for hydroxylation is 3. The van der Waals surface area contributed by atoms with Gasteiger partial charge in [0.25, 0.3) is 5.91 Å². The highest BCUT2D eigenvalue weighted by molar-refractivity contribution is 7.18. The smallest absolute Gasteiger partial charge is 0.348 e. The van der Waals surface area contributed by atoms with Crippen LogP contribution in [-0.4, -0.2) is 25.1 Å². The molecule has 6 heteroatoms. The van der Waals surface area contributed by atoms with Crippen LogP contribution < -0.4 is 10.1 Å². The zero-order chi connectivity index (χ0) is 17.7. The SMILES string of the molecule is CCOC(=O)c1sc(NC(=O)COc2c(C)cccc2C)cc1C. The topological polar surface area (TPSA) is 64.6 Å². The Bertz CT molecular complexity index is 731. The first-order chi connectivity index (χ1) is 11.4. The number of carbonyl (C=O) groups is 2. The van der Waals surface area contributed by atoms with Gasteiger partial charge in [-0.05, 0) is 50.5 Å². The van der Waals surface area contributed by atoms with E-state index >= 15 is 0 Å². The fourth-order valence-electron chi connectivity index (χ4n) is 2.28. The molecule has 0 saturated heterocycles. The number of nitrogens with one attached hydrogen (secondary N) is 1. The van der Waals surface area contributed by atoms with Crippen LogP contribution >= 0.6 is 11.3 Å². The highest BCUT2D eigenvalue weighted by Crippen LogP contribution is 2.27. The van der Waals surface area contributed by atoms with Crippen LogP contribution in [0.1, 0.15) is 33.3 Å². The van der Waals surface area contributed by atoms with Crippen LogP contribution in [0.3, 0.4) is 0 Å². The molecule has 0 atom stereocenters. The molecule has 24 heavy (non-hydrogen) atoms. The summed E-state index contributed by atoms with van der Waals surface area (Å²) in [5, 5.41) is 3.36. The molecule has 2 rings (SSSR count). The number of rotatable bonds is 6. The fraction of sp³-hybridized carbons (Fsp3) is 0.333. The molecule has 0 unspecified atom stereocenters. The van der Waals surface area contributed by atoms with Crippen LogP contribution in [0.4, 0.5) is 5.00 Å². The Morgan fingerprint density at radius 1 is 1.12 bits per heavy atom. The van der Waals surface area contributed by atoms with Crippen molar-refractivity contribution in [1.82, 2.24) is 0 Å². The lowest BCUT2D eigenvalue weighted by molar-refractivity contribution is -0.118. The summed E-state index contributed by atoms with van der Waals surface area (Å²) >= 11 is 1.20. The van der Waals surface area contributed by atoms with E-state index in [0.717, 1.165) is 22.4 Å². The van der Waals surface area contributed by atoms with Crippen molar-refractivity contribution in [3.63, 3.8) is 0 Å². The van der Waals surface area contributed by atoms with Gasteiger partial charge in [0.1, 0.15) is 10.6 Å². The summed E-state index contributed by atoms with van der Waals surface area (Å²) < 4.78 is 10.6. The Morgan fingerprint density at radius 3 is 2.42 bits per heavy atom. The molecule has 1 aromatic heterocycles. The second-order valence-electron chi connectivity index (χ2n) is 5.40. The molecule has 0 spiro atoms. The molecule has 1 heterocycles. The van der Waals surface area contributed by atoms with Gasteiger partial charge in [-0.15, -0.1) is 11.3 Å². The van der Waals surface area contributed by atoms with Crippen LogP contribution in [0.5, 0.6) is 5.75 Å². The predicted molar refractivity (Wildman–Crippen MR) is 95.1 cm³/mol. The molecule has 0 radical (unpaired) electrons. The van der Waals surface area contributed by atoms with E-state index in [4.69, 9.17) is 9.47 Å². The Kier molecular flexibility index (Phi) is 5.98. The number of benzene rings is 1. The van der Waals surface area contributed by atoms with E-state index in [1.807, 2.05) is 39.0 Å². The minimum atomic E-state index is -0.368. The molecule has 0 bridgehead atoms. The third-order valence-electron chi connectivity index (χ3n) is 3.40. The second kappa shape index (κ2) is 7.97. The zero-order valence-corrected chi connectivity index (χ0v) is 15.1. The number of hydrogen-bond acceptors (Lipinski definition) is 5. The standard InChI is InChI=1S/C18H21NO4S/c1-5-22-18(21)17-13(4)9-15(24-17)19-14(20)10-23-16-11(2)7-6-8-12(16)3/h6-9H,5,10H2,1-4H3,(H,19,20). The summed E-state index contributed by atoms with van der Waals surface area (Å²) in [4.78, 5) is 24.4. The number of amides is 1. The second-order valence-corrected chi connectivity index (χ2v) is 6.45. The molecule has 1 amide bonds. The van der Waals surface area contributed by atoms with Crippen LogP contribution in [0.2, 0.25) is 0 Å². The molecule has 0 fully saturated rings. The summed E-state index contributed by atoms with van der Waals surface area (Å²) in [5.41, 5.74) is 2.75. The van der Waals surface area contributed by atoms with E-state index < -0.39 is 0 Å². The van der Waals surface area contributed by atoms with E-state index in [2.05, 4.69) is 5.32 Å².